The molecule has 4 rings (SSSR count). The molecule has 1 aromatic carbocycles. The number of anilines is 2. The van der Waals surface area contributed by atoms with E-state index in [0.717, 1.165) is 0 Å². The lowest BCUT2D eigenvalue weighted by Gasteiger charge is -2.27. The summed E-state index contributed by atoms with van der Waals surface area (Å²) >= 11 is 0. The van der Waals surface area contributed by atoms with Crippen LogP contribution in [0.25, 0.3) is 0 Å². The molecule has 0 radical (unpaired) electrons. The van der Waals surface area contributed by atoms with Crippen LogP contribution in [-0.2, 0) is 16.0 Å². The number of rotatable bonds is 7. The molecule has 0 atom stereocenters. The molecule has 0 aliphatic carbocycles. The number of aromatic amines is 1. The van der Waals surface area contributed by atoms with Gasteiger partial charge in [-0.25, -0.2) is 15.0 Å². The minimum Gasteiger partial charge on any atom is -0.424 e. The Balaban J connectivity index is 1.32. The van der Waals surface area contributed by atoms with Gasteiger partial charge in [0.2, 0.25) is 11.9 Å². The Hall–Kier alpha value is -3.79. The summed E-state index contributed by atoms with van der Waals surface area (Å²) in [6.07, 6.45) is 3.65. The van der Waals surface area contributed by atoms with E-state index in [1.54, 1.807) is 49.6 Å². The summed E-state index contributed by atoms with van der Waals surface area (Å²) in [6, 6.07) is 8.84. The van der Waals surface area contributed by atoms with Gasteiger partial charge in [0.1, 0.15) is 5.75 Å². The smallest absolute Gasteiger partial charge is 0.321 e. The van der Waals surface area contributed by atoms with Crippen molar-refractivity contribution in [2.75, 3.05) is 36.5 Å². The van der Waals surface area contributed by atoms with Crippen molar-refractivity contribution in [3.05, 3.63) is 64.3 Å². The summed E-state index contributed by atoms with van der Waals surface area (Å²) in [7, 11) is 0. The maximum Gasteiger partial charge on any atom is 0.321 e. The number of aromatic nitrogens is 4. The maximum absolute atomic E-state index is 12.6. The predicted octanol–water partition coefficient (Wildman–Crippen LogP) is 2.07. The second-order valence-electron chi connectivity index (χ2n) is 7.26. The first-order valence-corrected chi connectivity index (χ1v) is 10.4. The summed E-state index contributed by atoms with van der Waals surface area (Å²) in [6.45, 7) is 4.38. The van der Waals surface area contributed by atoms with Crippen LogP contribution in [0.1, 0.15) is 17.7 Å². The van der Waals surface area contributed by atoms with Crippen molar-refractivity contribution in [2.45, 2.75) is 19.8 Å². The van der Waals surface area contributed by atoms with E-state index in [0.29, 0.717) is 61.4 Å². The van der Waals surface area contributed by atoms with Gasteiger partial charge in [-0.05, 0) is 43.7 Å². The van der Waals surface area contributed by atoms with E-state index in [-0.39, 0.29) is 23.9 Å². The largest absolute Gasteiger partial charge is 0.424 e. The highest BCUT2D eigenvalue weighted by Gasteiger charge is 2.17. The highest BCUT2D eigenvalue weighted by atomic mass is 16.5. The highest BCUT2D eigenvalue weighted by molar-refractivity contribution is 5.90. The fourth-order valence-electron chi connectivity index (χ4n) is 3.33. The molecule has 1 saturated heterocycles. The molecule has 0 saturated carbocycles. The molecule has 0 unspecified atom stereocenters. The van der Waals surface area contributed by atoms with E-state index in [9.17, 15) is 9.59 Å². The third-order valence-corrected chi connectivity index (χ3v) is 5.01. The van der Waals surface area contributed by atoms with Crippen LogP contribution < -0.4 is 20.5 Å². The van der Waals surface area contributed by atoms with Gasteiger partial charge < -0.3 is 19.7 Å². The van der Waals surface area contributed by atoms with E-state index in [4.69, 9.17) is 9.47 Å². The Morgan fingerprint density at radius 2 is 1.91 bits per heavy atom. The molecular weight excluding hydrogens is 412 g/mol. The van der Waals surface area contributed by atoms with Gasteiger partial charge in [-0.1, -0.05) is 0 Å². The summed E-state index contributed by atoms with van der Waals surface area (Å²) < 4.78 is 10.9. The van der Waals surface area contributed by atoms with Crippen LogP contribution in [-0.4, -0.2) is 52.1 Å². The van der Waals surface area contributed by atoms with Gasteiger partial charge in [0.25, 0.3) is 5.56 Å². The molecular formula is C22H24N6O4. The van der Waals surface area contributed by atoms with Gasteiger partial charge in [0, 0.05) is 48.8 Å². The maximum atomic E-state index is 12.6. The molecule has 3 heterocycles. The highest BCUT2D eigenvalue weighted by Crippen LogP contribution is 2.20. The third-order valence-electron chi connectivity index (χ3n) is 5.01. The van der Waals surface area contributed by atoms with Gasteiger partial charge in [0.15, 0.2) is 0 Å². The average Bonchev–Trinajstić information content (AvgIpc) is 2.81. The zero-order chi connectivity index (χ0) is 22.3. The summed E-state index contributed by atoms with van der Waals surface area (Å²) in [5, 5.41) is 2.82. The van der Waals surface area contributed by atoms with Crippen LogP contribution in [0.2, 0.25) is 0 Å². The van der Waals surface area contributed by atoms with E-state index < -0.39 is 0 Å². The number of nitrogens with zero attached hydrogens (tertiary/aromatic N) is 4. The number of morpholine rings is 1. The minimum atomic E-state index is -0.212. The first-order chi connectivity index (χ1) is 15.6. The number of H-pyrrole nitrogens is 1. The predicted molar refractivity (Wildman–Crippen MR) is 118 cm³/mol. The number of nitrogens with one attached hydrogen (secondary N) is 2. The van der Waals surface area contributed by atoms with Gasteiger partial charge in [0.05, 0.1) is 13.2 Å². The molecule has 10 heteroatoms. The van der Waals surface area contributed by atoms with E-state index in [1.807, 2.05) is 4.90 Å². The van der Waals surface area contributed by atoms with Crippen LogP contribution in [0, 0.1) is 6.92 Å². The number of carbonyl (C=O) groups excluding carboxylic acids is 1. The average molecular weight is 436 g/mol. The molecule has 1 aliphatic heterocycles. The van der Waals surface area contributed by atoms with Crippen LogP contribution >= 0.6 is 0 Å². The summed E-state index contributed by atoms with van der Waals surface area (Å²) in [5.41, 5.74) is 1.57. The van der Waals surface area contributed by atoms with E-state index in [1.165, 1.54) is 0 Å². The van der Waals surface area contributed by atoms with Gasteiger partial charge in [-0.2, -0.15) is 0 Å². The first-order valence-electron chi connectivity index (χ1n) is 10.4. The molecule has 10 nitrogen and oxygen atoms in total. The number of aryl methyl sites for hydroxylation is 1. The second-order valence-corrected chi connectivity index (χ2v) is 7.26. The van der Waals surface area contributed by atoms with Crippen molar-refractivity contribution in [3.8, 4) is 11.8 Å². The molecule has 2 N–H and O–H groups in total. The minimum absolute atomic E-state index is 0.165. The standard InChI is InChI=1S/C22H24N6O4/c1-15-18(20(30)27-21(25-15)28-11-13-31-14-12-28)7-8-19(29)26-16-3-5-17(6-4-16)32-22-23-9-2-10-24-22/h2-6,9-10H,7-8,11-14H2,1H3,(H,26,29)(H,25,27,30). The number of ether oxygens (including phenoxy) is 2. The molecule has 1 fully saturated rings. The van der Waals surface area contributed by atoms with Gasteiger partial charge in [-0.3, -0.25) is 14.6 Å². The lowest BCUT2D eigenvalue weighted by Crippen LogP contribution is -2.38. The number of benzene rings is 1. The van der Waals surface area contributed by atoms with Crippen LogP contribution in [0.5, 0.6) is 11.8 Å². The Bertz CT molecular complexity index is 1110. The Labute approximate surface area is 184 Å². The number of hydrogen-bond donors (Lipinski definition) is 2. The fraction of sp³-hybridized carbons (Fsp3) is 0.318. The molecule has 1 aliphatic rings. The summed E-state index contributed by atoms with van der Waals surface area (Å²) in [4.78, 5) is 42.3. The van der Waals surface area contributed by atoms with Crippen molar-refractivity contribution in [2.24, 2.45) is 0 Å². The molecule has 0 spiro atoms. The quantitative estimate of drug-likeness (QED) is 0.577. The summed E-state index contributed by atoms with van der Waals surface area (Å²) in [5.74, 6) is 0.913. The Morgan fingerprint density at radius 3 is 2.59 bits per heavy atom. The molecule has 32 heavy (non-hydrogen) atoms. The second kappa shape index (κ2) is 10.0. The SMILES string of the molecule is Cc1nc(N2CCOCC2)[nH]c(=O)c1CCC(=O)Nc1ccc(Oc2ncccn2)cc1. The first kappa shape index (κ1) is 21.4. The Kier molecular flexibility index (Phi) is 6.71. The normalized spacial score (nSPS) is 13.6. The van der Waals surface area contributed by atoms with Crippen LogP contribution in [0.4, 0.5) is 11.6 Å². The molecule has 0 bridgehead atoms. The zero-order valence-electron chi connectivity index (χ0n) is 17.7. The van der Waals surface area contributed by atoms with Crippen molar-refractivity contribution in [1.82, 2.24) is 19.9 Å². The third kappa shape index (κ3) is 5.46. The molecule has 3 aromatic rings. The zero-order valence-corrected chi connectivity index (χ0v) is 17.7. The van der Waals surface area contributed by atoms with E-state index in [2.05, 4.69) is 25.3 Å². The topological polar surface area (TPSA) is 122 Å². The lowest BCUT2D eigenvalue weighted by atomic mass is 10.1. The monoisotopic (exact) mass is 436 g/mol. The molecule has 2 aromatic heterocycles. The molecule has 166 valence electrons. The van der Waals surface area contributed by atoms with Crippen LogP contribution in [0.3, 0.4) is 0 Å². The number of hydrogen-bond acceptors (Lipinski definition) is 8. The van der Waals surface area contributed by atoms with E-state index >= 15 is 0 Å². The number of amides is 1. The fourth-order valence-corrected chi connectivity index (χ4v) is 3.33. The van der Waals surface area contributed by atoms with Gasteiger partial charge >= 0.3 is 6.01 Å². The van der Waals surface area contributed by atoms with Crippen molar-refractivity contribution in [1.29, 1.82) is 0 Å². The van der Waals surface area contributed by atoms with Crippen molar-refractivity contribution < 1.29 is 14.3 Å². The van der Waals surface area contributed by atoms with Crippen molar-refractivity contribution >= 4 is 17.5 Å². The lowest BCUT2D eigenvalue weighted by molar-refractivity contribution is -0.116. The van der Waals surface area contributed by atoms with Crippen molar-refractivity contribution in [3.63, 3.8) is 0 Å². The van der Waals surface area contributed by atoms with Gasteiger partial charge in [-0.15, -0.1) is 0 Å². The Morgan fingerprint density at radius 1 is 1.19 bits per heavy atom. The van der Waals surface area contributed by atoms with Crippen LogP contribution in [0.15, 0.2) is 47.5 Å². The number of carbonyl (C=O) groups is 1. The molecule has 1 amide bonds.